The van der Waals surface area contributed by atoms with Crippen LogP contribution in [0.15, 0.2) is 34.4 Å². The van der Waals surface area contributed by atoms with E-state index in [-0.39, 0.29) is 5.56 Å². The van der Waals surface area contributed by atoms with Crippen LogP contribution in [0.25, 0.3) is 21.3 Å². The molecule has 30 heavy (non-hydrogen) atoms. The smallest absolute Gasteiger partial charge is 0.260 e. The van der Waals surface area contributed by atoms with Gasteiger partial charge in [-0.3, -0.25) is 9.69 Å². The number of thiophene rings is 1. The summed E-state index contributed by atoms with van der Waals surface area (Å²) in [7, 11) is 0. The minimum absolute atomic E-state index is 0.175. The van der Waals surface area contributed by atoms with Crippen molar-refractivity contribution in [1.29, 1.82) is 0 Å². The van der Waals surface area contributed by atoms with E-state index in [0.717, 1.165) is 17.7 Å². The van der Waals surface area contributed by atoms with E-state index in [1.165, 1.54) is 11.3 Å². The molecule has 0 fully saturated rings. The minimum atomic E-state index is -0.590. The van der Waals surface area contributed by atoms with Gasteiger partial charge in [0.1, 0.15) is 10.7 Å². The Balaban J connectivity index is 1.87. The topological polar surface area (TPSA) is 78.5 Å². The normalized spacial score (nSPS) is 12.9. The molecule has 3 rings (SSSR count). The summed E-state index contributed by atoms with van der Waals surface area (Å²) >= 11 is 7.77. The average Bonchev–Trinajstić information content (AvgIpc) is 3.10. The number of hydrogen-bond donors (Lipinski definition) is 2. The first kappa shape index (κ1) is 22.9. The molecule has 1 unspecified atom stereocenters. The van der Waals surface area contributed by atoms with Crippen molar-refractivity contribution in [3.05, 3.63) is 50.8 Å². The number of fused-ring (bicyclic) bond motifs is 1. The summed E-state index contributed by atoms with van der Waals surface area (Å²) in [4.78, 5) is 23.3. The summed E-state index contributed by atoms with van der Waals surface area (Å²) < 4.78 is 5.32. The van der Waals surface area contributed by atoms with Gasteiger partial charge in [0, 0.05) is 41.2 Å². The first-order chi connectivity index (χ1) is 14.4. The number of aromatic nitrogens is 2. The molecule has 3 aromatic rings. The molecule has 6 nitrogen and oxygen atoms in total. The first-order valence-corrected chi connectivity index (χ1v) is 11.4. The van der Waals surface area contributed by atoms with E-state index >= 15 is 0 Å². The largest absolute Gasteiger partial charge is 0.389 e. The van der Waals surface area contributed by atoms with Crippen molar-refractivity contribution < 1.29 is 9.84 Å². The molecule has 0 bridgehead atoms. The molecule has 0 saturated carbocycles. The number of nitrogens with zero attached hydrogens (tertiary/aromatic N) is 2. The summed E-state index contributed by atoms with van der Waals surface area (Å²) in [6.45, 7) is 8.69. The van der Waals surface area contributed by atoms with Crippen LogP contribution < -0.4 is 5.56 Å². The Kier molecular flexibility index (Phi) is 8.02. The molecule has 2 heterocycles. The molecular formula is C22H28ClN3O3S. The van der Waals surface area contributed by atoms with Crippen LogP contribution in [0.4, 0.5) is 0 Å². The van der Waals surface area contributed by atoms with Crippen LogP contribution in [0.3, 0.4) is 0 Å². The molecule has 0 spiro atoms. The van der Waals surface area contributed by atoms with Crippen LogP contribution >= 0.6 is 22.9 Å². The van der Waals surface area contributed by atoms with E-state index in [1.54, 1.807) is 0 Å². The molecule has 2 aromatic heterocycles. The Bertz CT molecular complexity index is 1030. The molecule has 0 amide bonds. The Hall–Kier alpha value is -1.77. The van der Waals surface area contributed by atoms with Crippen molar-refractivity contribution in [2.75, 3.05) is 26.3 Å². The van der Waals surface area contributed by atoms with Crippen LogP contribution in [0.5, 0.6) is 0 Å². The summed E-state index contributed by atoms with van der Waals surface area (Å²) in [6.07, 6.45) is -0.590. The van der Waals surface area contributed by atoms with Gasteiger partial charge >= 0.3 is 0 Å². The fourth-order valence-corrected chi connectivity index (χ4v) is 4.68. The number of benzene rings is 1. The van der Waals surface area contributed by atoms with Gasteiger partial charge in [-0.05, 0) is 18.9 Å². The monoisotopic (exact) mass is 449 g/mol. The van der Waals surface area contributed by atoms with Gasteiger partial charge in [0.15, 0.2) is 0 Å². The van der Waals surface area contributed by atoms with Crippen LogP contribution in [0, 0.1) is 5.92 Å². The number of hydrogen-bond acceptors (Lipinski definition) is 6. The summed E-state index contributed by atoms with van der Waals surface area (Å²) in [5.74, 6) is 0.998. The van der Waals surface area contributed by atoms with Gasteiger partial charge in [-0.25, -0.2) is 4.98 Å². The SMILES string of the molecule is CCOCC(O)CN(Cc1nc2scc(-c3ccccc3Cl)c2c(=O)[nH]1)CC(C)C. The van der Waals surface area contributed by atoms with Gasteiger partial charge in [-0.15, -0.1) is 11.3 Å². The number of nitrogens with one attached hydrogen (secondary N) is 1. The van der Waals surface area contributed by atoms with Gasteiger partial charge in [-0.1, -0.05) is 43.6 Å². The fourth-order valence-electron chi connectivity index (χ4n) is 3.48. The van der Waals surface area contributed by atoms with Gasteiger partial charge in [0.25, 0.3) is 5.56 Å². The lowest BCUT2D eigenvalue weighted by atomic mass is 10.1. The average molecular weight is 450 g/mol. The summed E-state index contributed by atoms with van der Waals surface area (Å²) in [5, 5.41) is 13.3. The maximum absolute atomic E-state index is 12.9. The Labute approximate surface area is 185 Å². The zero-order valence-corrected chi connectivity index (χ0v) is 19.1. The Morgan fingerprint density at radius 3 is 2.73 bits per heavy atom. The highest BCUT2D eigenvalue weighted by Crippen LogP contribution is 2.34. The number of aliphatic hydroxyl groups is 1. The van der Waals surface area contributed by atoms with Crippen molar-refractivity contribution in [1.82, 2.24) is 14.9 Å². The first-order valence-electron chi connectivity index (χ1n) is 10.1. The summed E-state index contributed by atoms with van der Waals surface area (Å²) in [5.41, 5.74) is 1.45. The van der Waals surface area contributed by atoms with Crippen molar-refractivity contribution in [3.63, 3.8) is 0 Å². The van der Waals surface area contributed by atoms with Crippen molar-refractivity contribution in [2.24, 2.45) is 5.92 Å². The molecular weight excluding hydrogens is 422 g/mol. The molecule has 1 aromatic carbocycles. The predicted octanol–water partition coefficient (Wildman–Crippen LogP) is 4.16. The molecule has 0 radical (unpaired) electrons. The Morgan fingerprint density at radius 2 is 2.03 bits per heavy atom. The minimum Gasteiger partial charge on any atom is -0.389 e. The van der Waals surface area contributed by atoms with Crippen LogP contribution in [-0.4, -0.2) is 52.4 Å². The van der Waals surface area contributed by atoms with E-state index in [0.29, 0.717) is 53.3 Å². The van der Waals surface area contributed by atoms with E-state index in [9.17, 15) is 9.90 Å². The number of ether oxygens (including phenoxy) is 1. The third kappa shape index (κ3) is 5.68. The fraction of sp³-hybridized carbons (Fsp3) is 0.455. The van der Waals surface area contributed by atoms with E-state index < -0.39 is 6.10 Å². The zero-order valence-electron chi connectivity index (χ0n) is 17.5. The predicted molar refractivity (Wildman–Crippen MR) is 123 cm³/mol. The standard InChI is InChI=1S/C22H28ClN3O3S/c1-4-29-12-15(27)10-26(9-14(2)3)11-19-24-21(28)20-17(13-30-22(20)25-19)16-7-5-6-8-18(16)23/h5-8,13-15,27H,4,9-12H2,1-3H3,(H,24,25,28). The van der Waals surface area contributed by atoms with Crippen LogP contribution in [-0.2, 0) is 11.3 Å². The third-order valence-corrected chi connectivity index (χ3v) is 5.84. The van der Waals surface area contributed by atoms with E-state index in [4.69, 9.17) is 21.3 Å². The molecule has 0 aliphatic heterocycles. The van der Waals surface area contributed by atoms with Crippen molar-refractivity contribution in [2.45, 2.75) is 33.4 Å². The molecule has 162 valence electrons. The van der Waals surface area contributed by atoms with E-state index in [1.807, 2.05) is 36.6 Å². The lowest BCUT2D eigenvalue weighted by Crippen LogP contribution is -2.37. The quantitative estimate of drug-likeness (QED) is 0.486. The van der Waals surface area contributed by atoms with Gasteiger partial charge in [-0.2, -0.15) is 0 Å². The second-order valence-electron chi connectivity index (χ2n) is 7.72. The second-order valence-corrected chi connectivity index (χ2v) is 8.99. The maximum Gasteiger partial charge on any atom is 0.260 e. The lowest BCUT2D eigenvalue weighted by Gasteiger charge is -2.26. The number of aromatic amines is 1. The molecule has 1 atom stereocenters. The molecule has 8 heteroatoms. The number of H-pyrrole nitrogens is 1. The number of halogens is 1. The van der Waals surface area contributed by atoms with E-state index in [2.05, 4.69) is 23.7 Å². The highest BCUT2D eigenvalue weighted by molar-refractivity contribution is 7.17. The second kappa shape index (κ2) is 10.5. The number of aliphatic hydroxyl groups excluding tert-OH is 1. The molecule has 2 N–H and O–H groups in total. The highest BCUT2D eigenvalue weighted by Gasteiger charge is 2.18. The lowest BCUT2D eigenvalue weighted by molar-refractivity contribution is 0.0170. The van der Waals surface area contributed by atoms with Crippen LogP contribution in [0.1, 0.15) is 26.6 Å². The third-order valence-electron chi connectivity index (χ3n) is 4.64. The van der Waals surface area contributed by atoms with Crippen molar-refractivity contribution in [3.8, 4) is 11.1 Å². The van der Waals surface area contributed by atoms with Gasteiger partial charge in [0.2, 0.25) is 0 Å². The zero-order chi connectivity index (χ0) is 21.7. The van der Waals surface area contributed by atoms with Gasteiger partial charge < -0.3 is 14.8 Å². The summed E-state index contributed by atoms with van der Waals surface area (Å²) in [6, 6.07) is 7.48. The van der Waals surface area contributed by atoms with Crippen molar-refractivity contribution >= 4 is 33.2 Å². The number of rotatable bonds is 10. The maximum atomic E-state index is 12.9. The molecule has 0 aliphatic carbocycles. The molecule has 0 saturated heterocycles. The highest BCUT2D eigenvalue weighted by atomic mass is 35.5. The van der Waals surface area contributed by atoms with Crippen LogP contribution in [0.2, 0.25) is 5.02 Å². The Morgan fingerprint density at radius 1 is 1.27 bits per heavy atom. The van der Waals surface area contributed by atoms with Gasteiger partial charge in [0.05, 0.1) is 24.6 Å². The molecule has 0 aliphatic rings.